The summed E-state index contributed by atoms with van der Waals surface area (Å²) in [5, 5.41) is 10.3. The highest BCUT2D eigenvalue weighted by molar-refractivity contribution is 8.07. The van der Waals surface area contributed by atoms with Gasteiger partial charge in [0.05, 0.1) is 39.1 Å². The number of ether oxygens (including phenoxy) is 6. The summed E-state index contributed by atoms with van der Waals surface area (Å²) >= 11 is 5.36. The van der Waals surface area contributed by atoms with E-state index in [2.05, 4.69) is 34.9 Å². The molecule has 0 aliphatic carbocycles. The Kier molecular flexibility index (Phi) is 15.9. The fraction of sp³-hybridized carbons (Fsp3) is 0.588. The van der Waals surface area contributed by atoms with Gasteiger partial charge in [0, 0.05) is 33.6 Å². The van der Waals surface area contributed by atoms with Crippen LogP contribution in [0.5, 0.6) is 0 Å². The van der Waals surface area contributed by atoms with Crippen LogP contribution < -0.4 is 33.8 Å². The zero-order valence-corrected chi connectivity index (χ0v) is 41.2. The third kappa shape index (κ3) is 11.0. The SMILES string of the molecule is CCOP(=O)(O)O[C@@H]1C(OC)[C@H](n2cnc3c(=O)[nH]c(N)nc32)O[C@@H]1COP(=O)(O)O[C@@H]1C(OC)[C@H](n2ccc(=O)[nH]c2=O)O[C@@H]1COP(O)(=S)O[C@@H]1C(OC)[C@H](n2cnc3c(=O)[nH]c(N)nc32)O[C@@H]1CO. The Labute approximate surface area is 406 Å². The molecule has 15 atom stereocenters. The van der Waals surface area contributed by atoms with Crippen LogP contribution in [0, 0.1) is 0 Å². The summed E-state index contributed by atoms with van der Waals surface area (Å²) in [6.07, 6.45) is -14.1. The van der Waals surface area contributed by atoms with Crippen molar-refractivity contribution in [2.24, 2.45) is 0 Å². The highest BCUT2D eigenvalue weighted by atomic mass is 32.5. The van der Waals surface area contributed by atoms with Crippen LogP contribution in [-0.2, 0) is 76.5 Å². The van der Waals surface area contributed by atoms with Gasteiger partial charge >= 0.3 is 28.1 Å². The van der Waals surface area contributed by atoms with E-state index in [1.807, 2.05) is 0 Å². The first-order valence-electron chi connectivity index (χ1n) is 21.0. The molecule has 5 aromatic heterocycles. The number of nitrogens with two attached hydrogens (primary N) is 2. The molecule has 3 aliphatic rings. The lowest BCUT2D eigenvalue weighted by atomic mass is 10.1. The lowest BCUT2D eigenvalue weighted by Crippen LogP contribution is -2.40. The maximum atomic E-state index is 14.0. The highest BCUT2D eigenvalue weighted by Crippen LogP contribution is 2.54. The zero-order chi connectivity index (χ0) is 52.0. The number of nitrogens with zero attached hydrogens (tertiary/aromatic N) is 7. The first-order valence-corrected chi connectivity index (χ1v) is 26.6. The minimum Gasteiger partial charge on any atom is -0.394 e. The number of hydrogen-bond donors (Lipinski definition) is 9. The number of H-pyrrole nitrogens is 3. The summed E-state index contributed by atoms with van der Waals surface area (Å²) in [5.41, 5.74) is 7.97. The molecule has 11 N–H and O–H groups in total. The van der Waals surface area contributed by atoms with Crippen LogP contribution in [0.25, 0.3) is 22.3 Å². The normalized spacial score (nSPS) is 30.2. The predicted octanol–water partition coefficient (Wildman–Crippen LogP) is -2.66. The number of hydrogen-bond acceptors (Lipinski definition) is 26. The van der Waals surface area contributed by atoms with Gasteiger partial charge in [-0.1, -0.05) is 0 Å². The Hall–Kier alpha value is -4.55. The van der Waals surface area contributed by atoms with Crippen molar-refractivity contribution in [2.45, 2.75) is 80.5 Å². The molecule has 72 heavy (non-hydrogen) atoms. The van der Waals surface area contributed by atoms with Crippen molar-refractivity contribution in [2.75, 3.05) is 59.2 Å². The number of aliphatic hydroxyl groups excluding tert-OH is 1. The molecule has 5 aromatic rings. The van der Waals surface area contributed by atoms with Crippen LogP contribution in [-0.4, -0.2) is 171 Å². The summed E-state index contributed by atoms with van der Waals surface area (Å²) in [6.45, 7) is -5.93. The Morgan fingerprint density at radius 1 is 0.667 bits per heavy atom. The standard InChI is InChI=1S/C34H47N12O22P3S/c1-5-60-69(52,53)66-20-14(65-31(24(20)59-4)46-12-38-18-26(46)41-33(36)43-28(18)50)9-61-70(54,55)67-21-15(64-29(23(21)58-3)44-7-6-16(48)39-34(44)51)10-62-71(56,72)68-19-13(8-47)63-30(22(19)57-2)45-11-37-17-25(45)40-32(35)42-27(17)49/h6-7,11-15,19-24,29-31,47H,5,8-10H2,1-4H3,(H,52,53)(H,54,55)(H,56,72)(H,39,48,51)(H3,35,40,42,49)(H3,36,41,43,50)/t13-,14-,15-,19+,20+,21+,22?,23?,24?,29-,30-,31-,71?/m1/s1. The minimum atomic E-state index is -5.45. The van der Waals surface area contributed by atoms with Crippen LogP contribution in [0.1, 0.15) is 25.6 Å². The third-order valence-corrected chi connectivity index (χ3v) is 14.9. The van der Waals surface area contributed by atoms with Gasteiger partial charge in [-0.05, 0) is 18.7 Å². The number of imidazole rings is 2. The second-order valence-corrected chi connectivity index (χ2v) is 21.3. The number of methoxy groups -OCH3 is 3. The van der Waals surface area contributed by atoms with E-state index in [1.54, 1.807) is 0 Å². The van der Waals surface area contributed by atoms with Gasteiger partial charge in [-0.25, -0.2) is 23.9 Å². The van der Waals surface area contributed by atoms with Crippen molar-refractivity contribution in [3.05, 3.63) is 66.5 Å². The van der Waals surface area contributed by atoms with Gasteiger partial charge in [0.1, 0.15) is 54.9 Å². The number of aromatic nitrogens is 10. The summed E-state index contributed by atoms with van der Waals surface area (Å²) in [6, 6.07) is 0.974. The number of phosphoric ester groups is 2. The summed E-state index contributed by atoms with van der Waals surface area (Å²) < 4.78 is 98.4. The first-order chi connectivity index (χ1) is 34.1. The number of aromatic amines is 3. The molecular weight excluding hydrogens is 1050 g/mol. The van der Waals surface area contributed by atoms with Crippen LogP contribution in [0.3, 0.4) is 0 Å². The highest BCUT2D eigenvalue weighted by Gasteiger charge is 2.55. The van der Waals surface area contributed by atoms with Crippen LogP contribution in [0.4, 0.5) is 11.9 Å². The quantitative estimate of drug-likeness (QED) is 0.0339. The molecule has 0 aromatic carbocycles. The Bertz CT molecular complexity index is 3170. The fourth-order valence-corrected chi connectivity index (χ4v) is 11.6. The molecular formula is C34H47N12O22P3S. The molecule has 396 valence electrons. The second kappa shape index (κ2) is 21.4. The Balaban J connectivity index is 1.03. The van der Waals surface area contributed by atoms with Gasteiger partial charge in [0.25, 0.3) is 16.7 Å². The average Bonchev–Trinajstić information content (AvgIpc) is 4.13. The van der Waals surface area contributed by atoms with Gasteiger partial charge in [-0.2, -0.15) is 9.97 Å². The molecule has 3 saturated heterocycles. The van der Waals surface area contributed by atoms with E-state index in [1.165, 1.54) is 36.6 Å². The van der Waals surface area contributed by atoms with Gasteiger partial charge in [-0.3, -0.25) is 65.7 Å². The van der Waals surface area contributed by atoms with E-state index < -0.39 is 138 Å². The zero-order valence-electron chi connectivity index (χ0n) is 37.7. The van der Waals surface area contributed by atoms with E-state index in [-0.39, 0.29) is 40.8 Å². The van der Waals surface area contributed by atoms with Crippen molar-refractivity contribution in [1.29, 1.82) is 0 Å². The summed E-state index contributed by atoms with van der Waals surface area (Å²) in [4.78, 5) is 107. The van der Waals surface area contributed by atoms with E-state index in [0.29, 0.717) is 0 Å². The van der Waals surface area contributed by atoms with Gasteiger partial charge in [0.2, 0.25) is 11.9 Å². The molecule has 0 amide bonds. The molecule has 8 rings (SSSR count). The van der Waals surface area contributed by atoms with Crippen LogP contribution >= 0.6 is 22.4 Å². The van der Waals surface area contributed by atoms with Crippen molar-refractivity contribution < 1.29 is 84.5 Å². The number of phosphoric acid groups is 2. The molecule has 0 bridgehead atoms. The maximum Gasteiger partial charge on any atom is 0.472 e. The minimum absolute atomic E-state index is 0.0193. The molecule has 0 radical (unpaired) electrons. The number of anilines is 2. The van der Waals surface area contributed by atoms with Crippen molar-refractivity contribution in [3.63, 3.8) is 0 Å². The molecule has 8 heterocycles. The monoisotopic (exact) mass is 1100 g/mol. The average molecular weight is 1100 g/mol. The first kappa shape index (κ1) is 53.7. The molecule has 0 saturated carbocycles. The molecule has 34 nitrogen and oxygen atoms in total. The number of fused-ring (bicyclic) bond motifs is 2. The van der Waals surface area contributed by atoms with Crippen molar-refractivity contribution in [1.82, 2.24) is 48.6 Å². The number of aliphatic hydroxyl groups is 1. The van der Waals surface area contributed by atoms with E-state index in [0.717, 1.165) is 30.3 Å². The lowest BCUT2D eigenvalue weighted by Gasteiger charge is -2.28. The van der Waals surface area contributed by atoms with Crippen molar-refractivity contribution in [3.8, 4) is 0 Å². The van der Waals surface area contributed by atoms with Gasteiger partial charge in [-0.15, -0.1) is 0 Å². The topological polar surface area (TPSA) is 460 Å². The molecule has 6 unspecified atom stereocenters. The number of nitrogen functional groups attached to an aromatic ring is 2. The van der Waals surface area contributed by atoms with E-state index in [9.17, 15) is 48.1 Å². The smallest absolute Gasteiger partial charge is 0.394 e. The molecule has 0 spiro atoms. The number of rotatable bonds is 21. The maximum absolute atomic E-state index is 14.0. The fourth-order valence-electron chi connectivity index (χ4n) is 8.28. The molecule has 3 fully saturated rings. The summed E-state index contributed by atoms with van der Waals surface area (Å²) in [7, 11) is -6.77. The van der Waals surface area contributed by atoms with Crippen LogP contribution in [0.2, 0.25) is 0 Å². The van der Waals surface area contributed by atoms with E-state index >= 15 is 0 Å². The molecule has 38 heteroatoms. The van der Waals surface area contributed by atoms with E-state index in [4.69, 9.17) is 78.8 Å². The predicted molar refractivity (Wildman–Crippen MR) is 242 cm³/mol. The van der Waals surface area contributed by atoms with Gasteiger partial charge in [0.15, 0.2) is 41.0 Å². The lowest BCUT2D eigenvalue weighted by molar-refractivity contribution is -0.0637. The Morgan fingerprint density at radius 3 is 1.57 bits per heavy atom. The van der Waals surface area contributed by atoms with Gasteiger partial charge < -0.3 is 64.2 Å². The third-order valence-electron chi connectivity index (χ3n) is 11.3. The number of nitrogens with one attached hydrogen (secondary N) is 3. The summed E-state index contributed by atoms with van der Waals surface area (Å²) in [5.74, 6) is -0.538. The van der Waals surface area contributed by atoms with Crippen LogP contribution in [0.15, 0.2) is 44.1 Å². The second-order valence-electron chi connectivity index (χ2n) is 15.7. The van der Waals surface area contributed by atoms with Crippen molar-refractivity contribution >= 4 is 68.4 Å². The largest absolute Gasteiger partial charge is 0.472 e. The molecule has 3 aliphatic heterocycles. The Morgan fingerprint density at radius 2 is 1.11 bits per heavy atom.